The Balaban J connectivity index is 1.83. The molecule has 0 aliphatic carbocycles. The lowest BCUT2D eigenvalue weighted by Crippen LogP contribution is -2.45. The van der Waals surface area contributed by atoms with Crippen LogP contribution in [0.3, 0.4) is 0 Å². The molecule has 0 saturated carbocycles. The molecule has 1 amide bonds. The highest BCUT2D eigenvalue weighted by Crippen LogP contribution is 2.19. The molecule has 0 aromatic carbocycles. The second-order valence-electron chi connectivity index (χ2n) is 5.31. The van der Waals surface area contributed by atoms with E-state index in [-0.39, 0.29) is 11.7 Å². The molecule has 0 aromatic rings. The first kappa shape index (κ1) is 13.8. The Labute approximate surface area is 109 Å². The number of sulfone groups is 1. The summed E-state index contributed by atoms with van der Waals surface area (Å²) in [5.41, 5.74) is 0. The highest BCUT2D eigenvalue weighted by molar-refractivity contribution is 7.92. The molecule has 2 heterocycles. The molecule has 104 valence electrons. The molecule has 0 radical (unpaired) electrons. The van der Waals surface area contributed by atoms with Gasteiger partial charge < -0.3 is 10.6 Å². The van der Waals surface area contributed by atoms with Gasteiger partial charge in [-0.05, 0) is 44.7 Å². The van der Waals surface area contributed by atoms with Crippen LogP contribution in [0.25, 0.3) is 0 Å². The Morgan fingerprint density at radius 1 is 1.22 bits per heavy atom. The van der Waals surface area contributed by atoms with Crippen molar-refractivity contribution in [3.63, 3.8) is 0 Å². The highest BCUT2D eigenvalue weighted by atomic mass is 32.2. The molecule has 2 unspecified atom stereocenters. The molecule has 0 aromatic heterocycles. The van der Waals surface area contributed by atoms with Crippen LogP contribution >= 0.6 is 0 Å². The Hall–Kier alpha value is -0.620. The largest absolute Gasteiger partial charge is 0.355 e. The third-order valence-electron chi connectivity index (χ3n) is 3.84. The Bertz CT molecular complexity index is 388. The quantitative estimate of drug-likeness (QED) is 0.763. The number of rotatable bonds is 3. The Morgan fingerprint density at radius 2 is 2.06 bits per heavy atom. The second kappa shape index (κ2) is 6.02. The van der Waals surface area contributed by atoms with Crippen molar-refractivity contribution in [1.82, 2.24) is 10.6 Å². The van der Waals surface area contributed by atoms with Gasteiger partial charge in [-0.2, -0.15) is 0 Å². The van der Waals surface area contributed by atoms with Gasteiger partial charge in [-0.3, -0.25) is 4.79 Å². The van der Waals surface area contributed by atoms with Gasteiger partial charge >= 0.3 is 0 Å². The zero-order valence-corrected chi connectivity index (χ0v) is 11.5. The molecule has 2 N–H and O–H groups in total. The van der Waals surface area contributed by atoms with Gasteiger partial charge in [-0.1, -0.05) is 6.42 Å². The van der Waals surface area contributed by atoms with Gasteiger partial charge in [0.25, 0.3) is 0 Å². The summed E-state index contributed by atoms with van der Waals surface area (Å²) >= 11 is 0. The van der Waals surface area contributed by atoms with Crippen LogP contribution in [0.1, 0.15) is 32.1 Å². The van der Waals surface area contributed by atoms with Crippen molar-refractivity contribution in [2.75, 3.05) is 25.4 Å². The lowest BCUT2D eigenvalue weighted by Gasteiger charge is -2.25. The molecular formula is C12H22N2O3S. The highest BCUT2D eigenvalue weighted by Gasteiger charge is 2.34. The first-order chi connectivity index (χ1) is 8.59. The molecule has 2 aliphatic rings. The van der Waals surface area contributed by atoms with E-state index in [2.05, 4.69) is 10.6 Å². The number of nitrogens with one attached hydrogen (secondary N) is 2. The summed E-state index contributed by atoms with van der Waals surface area (Å²) in [4.78, 5) is 11.9. The molecule has 2 rings (SSSR count). The van der Waals surface area contributed by atoms with Gasteiger partial charge in [0.15, 0.2) is 9.84 Å². The van der Waals surface area contributed by atoms with E-state index < -0.39 is 15.1 Å². The van der Waals surface area contributed by atoms with E-state index >= 15 is 0 Å². The van der Waals surface area contributed by atoms with Crippen molar-refractivity contribution in [2.45, 2.75) is 37.4 Å². The summed E-state index contributed by atoms with van der Waals surface area (Å²) in [5, 5.41) is 5.30. The molecule has 2 aliphatic heterocycles. The van der Waals surface area contributed by atoms with Crippen LogP contribution < -0.4 is 10.6 Å². The van der Waals surface area contributed by atoms with E-state index in [0.717, 1.165) is 32.4 Å². The molecule has 2 fully saturated rings. The number of piperidine rings is 1. The van der Waals surface area contributed by atoms with Gasteiger partial charge in [0, 0.05) is 6.54 Å². The summed E-state index contributed by atoms with van der Waals surface area (Å²) in [6.07, 6.45) is 4.24. The maximum Gasteiger partial charge on any atom is 0.238 e. The van der Waals surface area contributed by atoms with Crippen molar-refractivity contribution >= 4 is 15.7 Å². The Kier molecular flexibility index (Phi) is 4.61. The number of hydrogen-bond acceptors (Lipinski definition) is 4. The fourth-order valence-electron chi connectivity index (χ4n) is 2.71. The fraction of sp³-hybridized carbons (Fsp3) is 0.917. The van der Waals surface area contributed by atoms with Crippen LogP contribution in [0.2, 0.25) is 0 Å². The maximum absolute atomic E-state index is 11.9. The van der Waals surface area contributed by atoms with Gasteiger partial charge in [0.2, 0.25) is 5.91 Å². The maximum atomic E-state index is 11.9. The third-order valence-corrected chi connectivity index (χ3v) is 6.01. The fourth-order valence-corrected chi connectivity index (χ4v) is 4.53. The lowest BCUT2D eigenvalue weighted by atomic mass is 10.00. The predicted molar refractivity (Wildman–Crippen MR) is 70.0 cm³/mol. The normalized spacial score (nSPS) is 31.8. The summed E-state index contributed by atoms with van der Waals surface area (Å²) in [6.45, 7) is 2.55. The topological polar surface area (TPSA) is 75.3 Å². The average molecular weight is 274 g/mol. The number of hydrogen-bond donors (Lipinski definition) is 2. The minimum atomic E-state index is -3.20. The van der Waals surface area contributed by atoms with E-state index in [1.54, 1.807) is 0 Å². The van der Waals surface area contributed by atoms with Crippen molar-refractivity contribution in [2.24, 2.45) is 5.92 Å². The van der Waals surface area contributed by atoms with Crippen LogP contribution in [0, 0.1) is 5.92 Å². The van der Waals surface area contributed by atoms with E-state index in [1.165, 1.54) is 0 Å². The predicted octanol–water partition coefficient (Wildman–Crippen LogP) is 0.0695. The van der Waals surface area contributed by atoms with Crippen LogP contribution in [0.15, 0.2) is 0 Å². The summed E-state index contributed by atoms with van der Waals surface area (Å²) in [7, 11) is -3.20. The number of amides is 1. The first-order valence-corrected chi connectivity index (χ1v) is 8.51. The van der Waals surface area contributed by atoms with Crippen molar-refractivity contribution in [1.29, 1.82) is 0 Å². The van der Waals surface area contributed by atoms with E-state index in [9.17, 15) is 13.2 Å². The van der Waals surface area contributed by atoms with E-state index in [1.807, 2.05) is 0 Å². The Morgan fingerprint density at radius 3 is 2.72 bits per heavy atom. The smallest absolute Gasteiger partial charge is 0.238 e. The van der Waals surface area contributed by atoms with Gasteiger partial charge in [0.05, 0.1) is 5.75 Å². The first-order valence-electron chi connectivity index (χ1n) is 6.79. The lowest BCUT2D eigenvalue weighted by molar-refractivity contribution is -0.121. The number of carbonyl (C=O) groups excluding carboxylic acids is 1. The van der Waals surface area contributed by atoms with Crippen LogP contribution in [0.4, 0.5) is 0 Å². The van der Waals surface area contributed by atoms with Crippen molar-refractivity contribution in [3.8, 4) is 0 Å². The zero-order valence-electron chi connectivity index (χ0n) is 10.7. The van der Waals surface area contributed by atoms with Crippen LogP contribution in [0.5, 0.6) is 0 Å². The van der Waals surface area contributed by atoms with E-state index in [4.69, 9.17) is 0 Å². The SMILES string of the molecule is O=C(NCC1CCCNC1)C1CCCCS1(=O)=O. The van der Waals surface area contributed by atoms with Gasteiger partial charge in [-0.15, -0.1) is 0 Å². The van der Waals surface area contributed by atoms with E-state index in [0.29, 0.717) is 25.3 Å². The molecular weight excluding hydrogens is 252 g/mol. The average Bonchev–Trinajstić information content (AvgIpc) is 2.37. The molecule has 2 atom stereocenters. The zero-order chi connectivity index (χ0) is 13.0. The summed E-state index contributed by atoms with van der Waals surface area (Å²) in [5.74, 6) is 0.310. The molecule has 6 heteroatoms. The van der Waals surface area contributed by atoms with Crippen molar-refractivity contribution < 1.29 is 13.2 Å². The second-order valence-corrected chi connectivity index (χ2v) is 7.61. The summed E-state index contributed by atoms with van der Waals surface area (Å²) in [6, 6.07) is 0. The minimum Gasteiger partial charge on any atom is -0.355 e. The molecule has 0 bridgehead atoms. The van der Waals surface area contributed by atoms with Crippen LogP contribution in [-0.4, -0.2) is 45.0 Å². The summed E-state index contributed by atoms with van der Waals surface area (Å²) < 4.78 is 23.6. The monoisotopic (exact) mass is 274 g/mol. The van der Waals surface area contributed by atoms with Gasteiger partial charge in [0.1, 0.15) is 5.25 Å². The molecule has 2 saturated heterocycles. The standard InChI is InChI=1S/C12H22N2O3S/c15-12(11-5-1-2-7-18(11,16)17)14-9-10-4-3-6-13-8-10/h10-11,13H,1-9H2,(H,14,15). The van der Waals surface area contributed by atoms with Crippen molar-refractivity contribution in [3.05, 3.63) is 0 Å². The molecule has 18 heavy (non-hydrogen) atoms. The molecule has 5 nitrogen and oxygen atoms in total. The third kappa shape index (κ3) is 3.45. The van der Waals surface area contributed by atoms with Crippen LogP contribution in [-0.2, 0) is 14.6 Å². The minimum absolute atomic E-state index is 0.163. The molecule has 0 spiro atoms. The van der Waals surface area contributed by atoms with Gasteiger partial charge in [-0.25, -0.2) is 8.42 Å². The number of carbonyl (C=O) groups is 1.